The fourth-order valence-corrected chi connectivity index (χ4v) is 3.68. The van der Waals surface area contributed by atoms with Crippen molar-refractivity contribution in [1.29, 1.82) is 0 Å². The lowest BCUT2D eigenvalue weighted by Gasteiger charge is -2.08. The molecule has 0 aliphatic carbocycles. The monoisotopic (exact) mass is 322 g/mol. The molecule has 20 heavy (non-hydrogen) atoms. The van der Waals surface area contributed by atoms with Crippen LogP contribution < -0.4 is 0 Å². The Morgan fingerprint density at radius 1 is 1.15 bits per heavy atom. The van der Waals surface area contributed by atoms with Crippen molar-refractivity contribution in [2.24, 2.45) is 0 Å². The topological polar surface area (TPSA) is 25.8 Å². The first-order chi connectivity index (χ1) is 9.61. The largest absolute Gasteiger partial charge is 0.226 e. The van der Waals surface area contributed by atoms with Gasteiger partial charge in [-0.3, -0.25) is 0 Å². The molecule has 0 bridgehead atoms. The van der Waals surface area contributed by atoms with E-state index >= 15 is 0 Å². The quantitative estimate of drug-likeness (QED) is 0.579. The van der Waals surface area contributed by atoms with Crippen LogP contribution in [-0.4, -0.2) is 9.97 Å². The molecule has 2 aromatic heterocycles. The molecule has 0 unspecified atom stereocenters. The number of thiophene rings is 1. The van der Waals surface area contributed by atoms with Gasteiger partial charge in [-0.2, -0.15) is 0 Å². The van der Waals surface area contributed by atoms with Crippen molar-refractivity contribution in [3.05, 3.63) is 44.9 Å². The first-order valence-corrected chi connectivity index (χ1v) is 7.94. The normalized spacial score (nSPS) is 11.2. The summed E-state index contributed by atoms with van der Waals surface area (Å²) in [6.07, 6.45) is 0.944. The van der Waals surface area contributed by atoms with Crippen LogP contribution in [0.15, 0.2) is 23.6 Å². The summed E-state index contributed by atoms with van der Waals surface area (Å²) in [5.41, 5.74) is 2.98. The molecular weight excluding hydrogens is 311 g/mol. The molecule has 1 aromatic carbocycles. The minimum absolute atomic E-state index is 0.459. The van der Waals surface area contributed by atoms with Gasteiger partial charge in [0.05, 0.1) is 15.4 Å². The molecule has 0 N–H and O–H groups in total. The van der Waals surface area contributed by atoms with Crippen molar-refractivity contribution in [3.8, 4) is 10.7 Å². The predicted molar refractivity (Wildman–Crippen MR) is 87.0 cm³/mol. The van der Waals surface area contributed by atoms with Crippen LogP contribution in [0.25, 0.3) is 21.6 Å². The van der Waals surface area contributed by atoms with Gasteiger partial charge >= 0.3 is 0 Å². The molecule has 0 aliphatic heterocycles. The summed E-state index contributed by atoms with van der Waals surface area (Å²) in [5.74, 6) is 0.654. The highest BCUT2D eigenvalue weighted by Crippen LogP contribution is 2.34. The fourth-order valence-electron chi connectivity index (χ4n) is 2.23. The van der Waals surface area contributed by atoms with Crippen LogP contribution in [0.5, 0.6) is 0 Å². The number of aromatic nitrogens is 2. The van der Waals surface area contributed by atoms with Crippen molar-refractivity contribution in [2.45, 2.75) is 20.3 Å². The van der Waals surface area contributed by atoms with E-state index in [2.05, 4.69) is 23.0 Å². The molecule has 0 spiro atoms. The van der Waals surface area contributed by atoms with E-state index < -0.39 is 0 Å². The maximum Gasteiger partial charge on any atom is 0.171 e. The van der Waals surface area contributed by atoms with E-state index in [9.17, 15) is 0 Å². The molecule has 3 rings (SSSR count). The molecule has 0 radical (unpaired) electrons. The third-order valence-corrected chi connectivity index (χ3v) is 4.83. The number of fused-ring (bicyclic) bond motifs is 1. The van der Waals surface area contributed by atoms with Crippen LogP contribution in [-0.2, 0) is 6.42 Å². The van der Waals surface area contributed by atoms with Crippen LogP contribution in [0.2, 0.25) is 10.2 Å². The highest BCUT2D eigenvalue weighted by atomic mass is 35.5. The Balaban J connectivity index is 2.32. The summed E-state index contributed by atoms with van der Waals surface area (Å²) in [4.78, 5) is 10.2. The smallest absolute Gasteiger partial charge is 0.171 e. The zero-order valence-electron chi connectivity index (χ0n) is 11.1. The zero-order valence-corrected chi connectivity index (χ0v) is 13.4. The van der Waals surface area contributed by atoms with Gasteiger partial charge in [-0.1, -0.05) is 36.2 Å². The molecule has 0 saturated carbocycles. The molecule has 0 atom stereocenters. The van der Waals surface area contributed by atoms with Gasteiger partial charge in [0.15, 0.2) is 5.82 Å². The van der Waals surface area contributed by atoms with Gasteiger partial charge in [-0.05, 0) is 42.0 Å². The summed E-state index contributed by atoms with van der Waals surface area (Å²) in [6, 6.07) is 5.88. The van der Waals surface area contributed by atoms with Gasteiger partial charge < -0.3 is 0 Å². The van der Waals surface area contributed by atoms with E-state index in [1.165, 1.54) is 5.56 Å². The Bertz CT molecular complexity index is 796. The van der Waals surface area contributed by atoms with E-state index in [1.54, 1.807) is 11.3 Å². The number of benzene rings is 1. The van der Waals surface area contributed by atoms with Crippen LogP contribution in [0, 0.1) is 6.92 Å². The summed E-state index contributed by atoms with van der Waals surface area (Å²) < 4.78 is 0. The highest BCUT2D eigenvalue weighted by Gasteiger charge is 2.15. The molecule has 5 heteroatoms. The second kappa shape index (κ2) is 5.32. The highest BCUT2D eigenvalue weighted by molar-refractivity contribution is 7.13. The predicted octanol–water partition coefficient (Wildman–Crippen LogP) is 5.54. The number of aryl methyl sites for hydroxylation is 2. The zero-order chi connectivity index (χ0) is 14.3. The van der Waals surface area contributed by atoms with Crippen LogP contribution in [0.4, 0.5) is 0 Å². The van der Waals surface area contributed by atoms with Gasteiger partial charge in [0.2, 0.25) is 0 Å². The average Bonchev–Trinajstić information content (AvgIpc) is 2.91. The SMILES string of the molecule is CCc1ccsc1-c1nc(Cl)c2c(C)ccc(Cl)c2n1. The summed E-state index contributed by atoms with van der Waals surface area (Å²) >= 11 is 14.2. The molecule has 0 saturated heterocycles. The molecule has 2 nitrogen and oxygen atoms in total. The maximum absolute atomic E-state index is 6.35. The third-order valence-electron chi connectivity index (χ3n) is 3.30. The second-order valence-electron chi connectivity index (χ2n) is 4.55. The summed E-state index contributed by atoms with van der Waals surface area (Å²) in [5, 5.41) is 3.94. The van der Waals surface area contributed by atoms with E-state index in [4.69, 9.17) is 23.2 Å². The van der Waals surface area contributed by atoms with Crippen molar-refractivity contribution in [1.82, 2.24) is 9.97 Å². The third kappa shape index (κ3) is 2.20. The first-order valence-electron chi connectivity index (χ1n) is 6.31. The maximum atomic E-state index is 6.35. The van der Waals surface area contributed by atoms with Gasteiger partial charge in [-0.25, -0.2) is 9.97 Å². The molecule has 102 valence electrons. The van der Waals surface area contributed by atoms with Gasteiger partial charge in [0.1, 0.15) is 5.15 Å². The molecule has 3 aromatic rings. The number of halogens is 2. The van der Waals surface area contributed by atoms with E-state index in [1.807, 2.05) is 24.4 Å². The lowest BCUT2D eigenvalue weighted by molar-refractivity contribution is 1.14. The van der Waals surface area contributed by atoms with Gasteiger partial charge in [0.25, 0.3) is 0 Å². The lowest BCUT2D eigenvalue weighted by atomic mass is 10.1. The van der Waals surface area contributed by atoms with E-state index in [0.29, 0.717) is 16.0 Å². The average molecular weight is 323 g/mol. The molecule has 0 amide bonds. The standard InChI is InChI=1S/C15H12Cl2N2S/c1-3-9-6-7-20-13(9)15-18-12-10(16)5-4-8(2)11(12)14(17)19-15/h4-7H,3H2,1-2H3. The Morgan fingerprint density at radius 3 is 2.70 bits per heavy atom. The minimum Gasteiger partial charge on any atom is -0.226 e. The second-order valence-corrected chi connectivity index (χ2v) is 6.24. The van der Waals surface area contributed by atoms with Crippen molar-refractivity contribution < 1.29 is 0 Å². The Hall–Kier alpha value is -1.16. The first kappa shape index (κ1) is 13.8. The van der Waals surface area contributed by atoms with Gasteiger partial charge in [0, 0.05) is 5.39 Å². The van der Waals surface area contributed by atoms with Crippen LogP contribution in [0.3, 0.4) is 0 Å². The number of rotatable bonds is 2. The Kier molecular flexibility index (Phi) is 3.67. The fraction of sp³-hybridized carbons (Fsp3) is 0.200. The van der Waals surface area contributed by atoms with Crippen LogP contribution in [0.1, 0.15) is 18.1 Å². The molecular formula is C15H12Cl2N2S. The van der Waals surface area contributed by atoms with E-state index in [-0.39, 0.29) is 0 Å². The van der Waals surface area contributed by atoms with Gasteiger partial charge in [-0.15, -0.1) is 11.3 Å². The molecule has 2 heterocycles. The number of nitrogens with zero attached hydrogens (tertiary/aromatic N) is 2. The van der Waals surface area contributed by atoms with Crippen molar-refractivity contribution in [2.75, 3.05) is 0 Å². The molecule has 0 fully saturated rings. The van der Waals surface area contributed by atoms with Crippen molar-refractivity contribution >= 4 is 45.4 Å². The molecule has 0 aliphatic rings. The lowest BCUT2D eigenvalue weighted by Crippen LogP contribution is -1.94. The summed E-state index contributed by atoms with van der Waals surface area (Å²) in [6.45, 7) is 4.10. The minimum atomic E-state index is 0.459. The Morgan fingerprint density at radius 2 is 1.95 bits per heavy atom. The number of hydrogen-bond acceptors (Lipinski definition) is 3. The van der Waals surface area contributed by atoms with E-state index in [0.717, 1.165) is 27.8 Å². The van der Waals surface area contributed by atoms with Crippen molar-refractivity contribution in [3.63, 3.8) is 0 Å². The van der Waals surface area contributed by atoms with Crippen LogP contribution >= 0.6 is 34.5 Å². The Labute approximate surface area is 131 Å². The number of hydrogen-bond donors (Lipinski definition) is 0. The summed E-state index contributed by atoms with van der Waals surface area (Å²) in [7, 11) is 0.